The highest BCUT2D eigenvalue weighted by atomic mass is 31.2. The maximum atomic E-state index is 13.6. The minimum atomic E-state index is -4.47. The molecule has 0 aromatic heterocycles. The molecule has 0 rings (SSSR count). The second kappa shape index (κ2) is 56.9. The minimum Gasteiger partial charge on any atom is -0.456 e. The number of hydrogen-bond donors (Lipinski definition) is 2. The molecule has 3 atom stereocenters. The fraction of sp³-hybridized carbons (Fsp3) is 0.706. The molecule has 0 saturated carbocycles. The van der Waals surface area contributed by atoms with E-state index in [1.165, 1.54) is 109 Å². The quantitative estimate of drug-likeness (QED) is 0.0205. The van der Waals surface area contributed by atoms with Gasteiger partial charge in [-0.2, -0.15) is 0 Å². The van der Waals surface area contributed by atoms with E-state index >= 15 is 0 Å². The van der Waals surface area contributed by atoms with Gasteiger partial charge in [0.25, 0.3) is 0 Å². The number of carbonyl (C=O) groups excluding carboxylic acids is 2. The van der Waals surface area contributed by atoms with Crippen molar-refractivity contribution in [2.45, 2.75) is 270 Å². The van der Waals surface area contributed by atoms with Gasteiger partial charge in [-0.15, -0.1) is 0 Å². The number of phosphoric ester groups is 1. The lowest BCUT2D eigenvalue weighted by Gasteiger charge is -2.27. The molecule has 0 aliphatic heterocycles. The molecule has 0 aliphatic carbocycles. The zero-order chi connectivity index (χ0) is 57.2. The molecular weight excluding hydrogens is 988 g/mol. The summed E-state index contributed by atoms with van der Waals surface area (Å²) in [6, 6.07) is -0.876. The third kappa shape index (κ3) is 57.4. The summed E-state index contributed by atoms with van der Waals surface area (Å²) in [5.74, 6) is -0.565. The summed E-state index contributed by atoms with van der Waals surface area (Å²) in [6.07, 6.45) is 78.0. The van der Waals surface area contributed by atoms with Crippen molar-refractivity contribution in [2.24, 2.45) is 0 Å². The number of allylic oxidation sites excluding steroid dienone is 17. The summed E-state index contributed by atoms with van der Waals surface area (Å²) in [4.78, 5) is 37.7. The van der Waals surface area contributed by atoms with Crippen LogP contribution in [0.1, 0.15) is 258 Å². The molecule has 78 heavy (non-hydrogen) atoms. The highest BCUT2D eigenvalue weighted by molar-refractivity contribution is 7.47. The van der Waals surface area contributed by atoms with Gasteiger partial charge in [-0.25, -0.2) is 4.57 Å². The molecule has 1 amide bonds. The van der Waals surface area contributed by atoms with Crippen molar-refractivity contribution in [1.82, 2.24) is 5.32 Å². The topological polar surface area (TPSA) is 111 Å². The number of amides is 1. The normalized spacial score (nSPS) is 14.4. The van der Waals surface area contributed by atoms with Crippen LogP contribution in [0.4, 0.5) is 0 Å². The van der Waals surface area contributed by atoms with Gasteiger partial charge in [-0.1, -0.05) is 240 Å². The second-order valence-electron chi connectivity index (χ2n) is 22.2. The number of nitrogens with one attached hydrogen (secondary N) is 1. The average Bonchev–Trinajstić information content (AvgIpc) is 3.40. The Balaban J connectivity index is 5.33. The molecule has 0 aromatic rings. The summed E-state index contributed by atoms with van der Waals surface area (Å²) in [6.45, 7) is 6.84. The van der Waals surface area contributed by atoms with Crippen LogP contribution in [0.3, 0.4) is 0 Å². The van der Waals surface area contributed by atoms with E-state index in [0.717, 1.165) is 109 Å². The van der Waals surface area contributed by atoms with Crippen LogP contribution in [0.25, 0.3) is 0 Å². The van der Waals surface area contributed by atoms with Crippen LogP contribution in [0, 0.1) is 0 Å². The van der Waals surface area contributed by atoms with Crippen molar-refractivity contribution < 1.29 is 37.3 Å². The number of carbonyl (C=O) groups is 2. The predicted octanol–water partition coefficient (Wildman–Crippen LogP) is 19.7. The Bertz CT molecular complexity index is 1700. The van der Waals surface area contributed by atoms with E-state index < -0.39 is 20.0 Å². The number of rotatable bonds is 56. The van der Waals surface area contributed by atoms with E-state index in [1.807, 2.05) is 33.3 Å². The lowest BCUT2D eigenvalue weighted by molar-refractivity contribution is -0.870. The van der Waals surface area contributed by atoms with E-state index in [-0.39, 0.29) is 31.5 Å². The third-order valence-corrected chi connectivity index (χ3v) is 14.4. The van der Waals surface area contributed by atoms with Crippen molar-refractivity contribution in [3.05, 3.63) is 109 Å². The van der Waals surface area contributed by atoms with Crippen LogP contribution < -0.4 is 5.32 Å². The lowest BCUT2D eigenvalue weighted by Crippen LogP contribution is -2.47. The van der Waals surface area contributed by atoms with E-state index in [1.54, 1.807) is 0 Å². The molecule has 0 spiro atoms. The van der Waals surface area contributed by atoms with Crippen molar-refractivity contribution in [3.63, 3.8) is 0 Å². The van der Waals surface area contributed by atoms with Gasteiger partial charge in [-0.05, 0) is 115 Å². The highest BCUT2D eigenvalue weighted by Gasteiger charge is 2.30. The molecule has 0 aromatic carbocycles. The smallest absolute Gasteiger partial charge is 0.456 e. The van der Waals surface area contributed by atoms with Crippen LogP contribution in [0.5, 0.6) is 0 Å². The first kappa shape index (κ1) is 74.7. The van der Waals surface area contributed by atoms with Gasteiger partial charge in [0.05, 0.1) is 33.8 Å². The maximum Gasteiger partial charge on any atom is 0.472 e. The van der Waals surface area contributed by atoms with Gasteiger partial charge in [0, 0.05) is 12.8 Å². The Morgan fingerprint density at radius 1 is 0.462 bits per heavy atom. The monoisotopic (exact) mass is 1110 g/mol. The fourth-order valence-electron chi connectivity index (χ4n) is 8.56. The van der Waals surface area contributed by atoms with E-state index in [2.05, 4.69) is 123 Å². The zero-order valence-electron chi connectivity index (χ0n) is 51.1. The van der Waals surface area contributed by atoms with E-state index in [9.17, 15) is 19.0 Å². The SMILES string of the molecule is CC/C=C\C/C=C\C/C=C\C/C=C\C/C=C\C/C=C\CCCCC(=O)OC(/C=C/CCCCCCCCCCCC)C(COP(=O)(O)OCC[N+](C)(C)C)NC(=O)CCCCCCCCCCC/C=C\C/C=C\CCCCC. The van der Waals surface area contributed by atoms with Crippen LogP contribution in [-0.4, -0.2) is 74.3 Å². The Morgan fingerprint density at radius 3 is 1.27 bits per heavy atom. The number of hydrogen-bond acceptors (Lipinski definition) is 6. The molecule has 0 radical (unpaired) electrons. The van der Waals surface area contributed by atoms with Crippen molar-refractivity contribution in [3.8, 4) is 0 Å². The van der Waals surface area contributed by atoms with Crippen molar-refractivity contribution in [2.75, 3.05) is 40.9 Å². The molecule has 0 heterocycles. The molecule has 2 N–H and O–H groups in total. The number of unbranched alkanes of at least 4 members (excludes halogenated alkanes) is 24. The molecule has 9 nitrogen and oxygen atoms in total. The Labute approximate surface area is 481 Å². The largest absolute Gasteiger partial charge is 0.472 e. The number of esters is 1. The van der Waals surface area contributed by atoms with Gasteiger partial charge in [0.15, 0.2) is 0 Å². The molecule has 3 unspecified atom stereocenters. The third-order valence-electron chi connectivity index (χ3n) is 13.4. The summed E-state index contributed by atoms with van der Waals surface area (Å²) in [7, 11) is 1.46. The summed E-state index contributed by atoms with van der Waals surface area (Å²) < 4.78 is 30.7. The van der Waals surface area contributed by atoms with E-state index in [0.29, 0.717) is 23.9 Å². The summed E-state index contributed by atoms with van der Waals surface area (Å²) in [5, 5.41) is 3.04. The molecule has 10 heteroatoms. The Hall–Kier alpha value is -3.33. The maximum absolute atomic E-state index is 13.6. The second-order valence-corrected chi connectivity index (χ2v) is 23.6. The molecule has 448 valence electrons. The highest BCUT2D eigenvalue weighted by Crippen LogP contribution is 2.43. The number of nitrogens with zero attached hydrogens (tertiary/aromatic N) is 1. The fourth-order valence-corrected chi connectivity index (χ4v) is 9.30. The summed E-state index contributed by atoms with van der Waals surface area (Å²) >= 11 is 0. The van der Waals surface area contributed by atoms with Gasteiger partial charge >= 0.3 is 13.8 Å². The van der Waals surface area contributed by atoms with Crippen LogP contribution >= 0.6 is 7.82 Å². The number of likely N-dealkylation sites (N-methyl/N-ethyl adjacent to an activating group) is 1. The molecular formula is C68H120N2O7P+. The predicted molar refractivity (Wildman–Crippen MR) is 337 cm³/mol. The molecule has 0 bridgehead atoms. The molecule has 0 fully saturated rings. The minimum absolute atomic E-state index is 0.0270. The van der Waals surface area contributed by atoms with Gasteiger partial charge in [0.1, 0.15) is 19.3 Å². The summed E-state index contributed by atoms with van der Waals surface area (Å²) in [5.41, 5.74) is 0. The lowest BCUT2D eigenvalue weighted by atomic mass is 10.0. The Kier molecular flexibility index (Phi) is 54.5. The first-order valence-electron chi connectivity index (χ1n) is 31.7. The average molecular weight is 1110 g/mol. The van der Waals surface area contributed by atoms with E-state index in [4.69, 9.17) is 13.8 Å². The van der Waals surface area contributed by atoms with Crippen LogP contribution in [0.2, 0.25) is 0 Å². The Morgan fingerprint density at radius 2 is 0.821 bits per heavy atom. The van der Waals surface area contributed by atoms with Crippen molar-refractivity contribution in [1.29, 1.82) is 0 Å². The zero-order valence-corrected chi connectivity index (χ0v) is 52.0. The first-order chi connectivity index (χ1) is 37.9. The van der Waals surface area contributed by atoms with Gasteiger partial charge in [0.2, 0.25) is 5.91 Å². The van der Waals surface area contributed by atoms with Crippen molar-refractivity contribution >= 4 is 19.7 Å². The number of phosphoric acid groups is 1. The molecule has 0 aliphatic rings. The van der Waals surface area contributed by atoms with Crippen LogP contribution in [0.15, 0.2) is 109 Å². The van der Waals surface area contributed by atoms with Gasteiger partial charge < -0.3 is 19.4 Å². The first-order valence-corrected chi connectivity index (χ1v) is 33.2. The van der Waals surface area contributed by atoms with Gasteiger partial charge in [-0.3, -0.25) is 18.6 Å². The number of ether oxygens (including phenoxy) is 1. The number of quaternary nitrogens is 1. The van der Waals surface area contributed by atoms with Crippen LogP contribution in [-0.2, 0) is 27.9 Å². The standard InChI is InChI=1S/C68H119N2O7P/c1-7-10-13-16-19-22-25-28-30-32-34-35-37-39-41-43-46-49-52-55-58-61-68(72)77-66(59-56-53-50-47-44-27-24-21-18-15-12-9-3)65(64-76-78(73,74)75-63-62-70(4,5)6)69-67(71)60-57-54-51-48-45-42-40-38-36-33-31-29-26-23-20-17-14-11-8-2/h10,13,19-20,22-23,28-31,34-35,39,41,46,49,56,59,65-66H,7-9,11-12,14-18,21,24-27,32-33,36-38,40,42-45,47-48,50-55,57-58,60-64H2,1-6H3,(H-,69,71,73,74)/p+1/b13-10-,22-19-,23-20-,30-28-,31-29-,35-34-,41-39-,49-46-,59-56+. The molecule has 0 saturated heterocycles.